The van der Waals surface area contributed by atoms with E-state index >= 15 is 0 Å². The quantitative estimate of drug-likeness (QED) is 0.707. The van der Waals surface area contributed by atoms with Crippen LogP contribution in [-0.4, -0.2) is 49.5 Å². The fraction of sp³-hybridized carbons (Fsp3) is 0.333. The molecule has 1 aliphatic rings. The maximum absolute atomic E-state index is 13.0. The molecule has 0 spiro atoms. The molecule has 1 fully saturated rings. The highest BCUT2D eigenvalue weighted by atomic mass is 32.1. The highest BCUT2D eigenvalue weighted by molar-refractivity contribution is 7.16. The van der Waals surface area contributed by atoms with E-state index in [4.69, 9.17) is 4.74 Å². The Balaban J connectivity index is 1.47. The molecule has 1 aliphatic heterocycles. The van der Waals surface area contributed by atoms with Crippen LogP contribution in [0.5, 0.6) is 6.01 Å². The van der Waals surface area contributed by atoms with Gasteiger partial charge in [-0.3, -0.25) is 4.79 Å². The average Bonchev–Trinajstić information content (AvgIpc) is 3.32. The second-order valence-electron chi connectivity index (χ2n) is 6.17. The average molecular weight is 369 g/mol. The largest absolute Gasteiger partial charge is 0.458 e. The normalized spacial score (nSPS) is 17.3. The third-order valence-corrected chi connectivity index (χ3v) is 5.44. The molecule has 8 heteroatoms. The summed E-state index contributed by atoms with van der Waals surface area (Å²) in [6, 6.07) is 5.99. The smallest absolute Gasteiger partial charge is 0.316 e. The molecule has 3 aromatic rings. The number of nitrogens with zero attached hydrogens (tertiary/aromatic N) is 5. The summed E-state index contributed by atoms with van der Waals surface area (Å²) in [5.41, 5.74) is 0.762. The van der Waals surface area contributed by atoms with Gasteiger partial charge in [0.1, 0.15) is 11.0 Å². The van der Waals surface area contributed by atoms with Crippen molar-refractivity contribution in [1.29, 1.82) is 0 Å². The van der Waals surface area contributed by atoms with Crippen molar-refractivity contribution in [3.63, 3.8) is 0 Å². The third kappa shape index (κ3) is 3.45. The van der Waals surface area contributed by atoms with E-state index in [2.05, 4.69) is 15.0 Å². The summed E-state index contributed by atoms with van der Waals surface area (Å²) in [6.07, 6.45) is 8.85. The zero-order valence-corrected chi connectivity index (χ0v) is 15.2. The minimum absolute atomic E-state index is 0.0145. The second-order valence-corrected chi connectivity index (χ2v) is 7.14. The van der Waals surface area contributed by atoms with E-state index in [0.29, 0.717) is 17.4 Å². The van der Waals surface area contributed by atoms with Crippen LogP contribution in [0.2, 0.25) is 0 Å². The number of hydrogen-bond donors (Lipinski definition) is 0. The highest BCUT2D eigenvalue weighted by Crippen LogP contribution is 2.25. The van der Waals surface area contributed by atoms with Gasteiger partial charge in [-0.1, -0.05) is 11.3 Å². The number of hydrogen-bond acceptors (Lipinski definition) is 6. The highest BCUT2D eigenvalue weighted by Gasteiger charge is 2.28. The monoisotopic (exact) mass is 369 g/mol. The molecule has 3 aromatic heterocycles. The molecule has 0 N–H and O–H groups in total. The van der Waals surface area contributed by atoms with E-state index in [0.717, 1.165) is 30.2 Å². The Morgan fingerprint density at radius 3 is 2.77 bits per heavy atom. The van der Waals surface area contributed by atoms with Crippen molar-refractivity contribution >= 4 is 17.2 Å². The van der Waals surface area contributed by atoms with Crippen LogP contribution in [-0.2, 0) is 0 Å². The molecule has 1 amide bonds. The number of aryl methyl sites for hydroxylation is 1. The zero-order valence-electron chi connectivity index (χ0n) is 14.4. The number of rotatable bonds is 4. The predicted octanol–water partition coefficient (Wildman–Crippen LogP) is 2.72. The van der Waals surface area contributed by atoms with Crippen molar-refractivity contribution in [2.24, 2.45) is 0 Å². The Morgan fingerprint density at radius 2 is 2.00 bits per heavy atom. The molecule has 7 nitrogen and oxygen atoms in total. The number of ether oxygens (including phenoxy) is 1. The van der Waals surface area contributed by atoms with Crippen LogP contribution in [0, 0.1) is 6.92 Å². The summed E-state index contributed by atoms with van der Waals surface area (Å²) in [5.74, 6) is 0.0145. The van der Waals surface area contributed by atoms with Gasteiger partial charge in [-0.05, 0) is 38.0 Å². The maximum Gasteiger partial charge on any atom is 0.316 e. The summed E-state index contributed by atoms with van der Waals surface area (Å²) in [7, 11) is 0. The molecule has 134 valence electrons. The lowest BCUT2D eigenvalue weighted by atomic mass is 10.1. The summed E-state index contributed by atoms with van der Waals surface area (Å²) >= 11 is 1.42. The first kappa shape index (κ1) is 16.7. The lowest BCUT2D eigenvalue weighted by Gasteiger charge is -2.32. The number of likely N-dealkylation sites (tertiary alicyclic amines) is 1. The molecule has 4 rings (SSSR count). The van der Waals surface area contributed by atoms with Crippen LogP contribution in [0.4, 0.5) is 0 Å². The van der Waals surface area contributed by atoms with Crippen molar-refractivity contribution in [2.45, 2.75) is 25.9 Å². The predicted molar refractivity (Wildman–Crippen MR) is 97.8 cm³/mol. The van der Waals surface area contributed by atoms with Crippen LogP contribution in [0.1, 0.15) is 28.2 Å². The first-order valence-electron chi connectivity index (χ1n) is 8.54. The van der Waals surface area contributed by atoms with Crippen molar-refractivity contribution in [3.05, 3.63) is 53.6 Å². The number of aromatic nitrogens is 4. The topological polar surface area (TPSA) is 73.1 Å². The van der Waals surface area contributed by atoms with Crippen LogP contribution in [0.15, 0.2) is 43.0 Å². The van der Waals surface area contributed by atoms with Gasteiger partial charge in [0.25, 0.3) is 5.91 Å². The summed E-state index contributed by atoms with van der Waals surface area (Å²) in [4.78, 5) is 28.3. The van der Waals surface area contributed by atoms with Gasteiger partial charge in [-0.15, -0.1) is 0 Å². The van der Waals surface area contributed by atoms with Crippen molar-refractivity contribution in [3.8, 4) is 11.1 Å². The van der Waals surface area contributed by atoms with Crippen LogP contribution in [0.3, 0.4) is 0 Å². The van der Waals surface area contributed by atoms with Gasteiger partial charge in [0.05, 0.1) is 12.2 Å². The van der Waals surface area contributed by atoms with Crippen LogP contribution >= 0.6 is 11.3 Å². The second kappa shape index (κ2) is 7.25. The lowest BCUT2D eigenvalue weighted by Crippen LogP contribution is -2.44. The SMILES string of the molecule is Cc1nc(-n2cccc2)sc1C(=O)N1CCCC(Oc2ncccn2)C1. The molecular weight excluding hydrogens is 350 g/mol. The van der Waals surface area contributed by atoms with Crippen LogP contribution in [0.25, 0.3) is 5.13 Å². The Bertz CT molecular complexity index is 878. The zero-order chi connectivity index (χ0) is 17.9. The van der Waals surface area contributed by atoms with Crippen molar-refractivity contribution in [1.82, 2.24) is 24.4 Å². The molecular formula is C18H19N5O2S. The van der Waals surface area contributed by atoms with Gasteiger partial charge < -0.3 is 14.2 Å². The first-order valence-corrected chi connectivity index (χ1v) is 9.36. The van der Waals surface area contributed by atoms with Gasteiger partial charge >= 0.3 is 6.01 Å². The maximum atomic E-state index is 13.0. The molecule has 0 radical (unpaired) electrons. The van der Waals surface area contributed by atoms with Gasteiger partial charge in [0, 0.05) is 31.3 Å². The Hall–Kier alpha value is -2.74. The minimum Gasteiger partial charge on any atom is -0.458 e. The fourth-order valence-corrected chi connectivity index (χ4v) is 4.01. The molecule has 0 aromatic carbocycles. The van der Waals surface area contributed by atoms with Gasteiger partial charge in [-0.25, -0.2) is 15.0 Å². The van der Waals surface area contributed by atoms with Crippen molar-refractivity contribution in [2.75, 3.05) is 13.1 Å². The standard InChI is InChI=1S/C18H19N5O2S/c1-13-15(26-18(21-13)22-9-2-3-10-22)16(24)23-11-4-6-14(12-23)25-17-19-7-5-8-20-17/h2-3,5,7-10,14H,4,6,11-12H2,1H3. The van der Waals surface area contributed by atoms with E-state index in [1.54, 1.807) is 18.5 Å². The third-order valence-electron chi connectivity index (χ3n) is 4.28. The van der Waals surface area contributed by atoms with E-state index in [1.165, 1.54) is 11.3 Å². The number of carbonyl (C=O) groups is 1. The molecule has 1 saturated heterocycles. The summed E-state index contributed by atoms with van der Waals surface area (Å²) in [5, 5.41) is 0.804. The summed E-state index contributed by atoms with van der Waals surface area (Å²) < 4.78 is 7.75. The van der Waals surface area contributed by atoms with E-state index in [-0.39, 0.29) is 12.0 Å². The Labute approximate surface area is 155 Å². The van der Waals surface area contributed by atoms with E-state index < -0.39 is 0 Å². The Morgan fingerprint density at radius 1 is 1.23 bits per heavy atom. The van der Waals surface area contributed by atoms with Gasteiger partial charge in [0.15, 0.2) is 5.13 Å². The molecule has 1 atom stereocenters. The fourth-order valence-electron chi connectivity index (χ4n) is 3.01. The van der Waals surface area contributed by atoms with E-state index in [9.17, 15) is 4.79 Å². The van der Waals surface area contributed by atoms with Gasteiger partial charge in [0.2, 0.25) is 0 Å². The first-order chi connectivity index (χ1) is 12.7. The number of thiazole rings is 1. The van der Waals surface area contributed by atoms with E-state index in [1.807, 2.05) is 40.9 Å². The lowest BCUT2D eigenvalue weighted by molar-refractivity contribution is 0.0519. The number of piperidine rings is 1. The Kier molecular flexibility index (Phi) is 4.66. The van der Waals surface area contributed by atoms with Gasteiger partial charge in [-0.2, -0.15) is 0 Å². The molecule has 26 heavy (non-hydrogen) atoms. The molecule has 0 bridgehead atoms. The minimum atomic E-state index is -0.0905. The number of amides is 1. The molecule has 0 saturated carbocycles. The van der Waals surface area contributed by atoms with Crippen molar-refractivity contribution < 1.29 is 9.53 Å². The molecule has 1 unspecified atom stereocenters. The van der Waals surface area contributed by atoms with Crippen LogP contribution < -0.4 is 4.74 Å². The molecule has 4 heterocycles. The molecule has 0 aliphatic carbocycles. The number of carbonyl (C=O) groups excluding carboxylic acids is 1. The summed E-state index contributed by atoms with van der Waals surface area (Å²) in [6.45, 7) is 3.14.